The van der Waals surface area contributed by atoms with E-state index in [1.807, 2.05) is 25.1 Å². The van der Waals surface area contributed by atoms with E-state index >= 15 is 0 Å². The number of likely N-dealkylation sites (N-methyl/N-ethyl adjacent to an activating group) is 1. The molecule has 1 amide bonds. The van der Waals surface area contributed by atoms with E-state index in [1.54, 1.807) is 24.3 Å². The van der Waals surface area contributed by atoms with Gasteiger partial charge in [-0.2, -0.15) is 4.31 Å². The van der Waals surface area contributed by atoms with Crippen LogP contribution in [0.5, 0.6) is 0 Å². The van der Waals surface area contributed by atoms with Crippen molar-refractivity contribution >= 4 is 15.9 Å². The molecule has 0 heterocycles. The Bertz CT molecular complexity index is 889. The average molecular weight is 387 g/mol. The van der Waals surface area contributed by atoms with Crippen molar-refractivity contribution in [3.05, 3.63) is 65.7 Å². The van der Waals surface area contributed by atoms with Gasteiger partial charge in [0, 0.05) is 19.0 Å². The fourth-order valence-corrected chi connectivity index (χ4v) is 4.59. The first kappa shape index (κ1) is 19.6. The molecule has 3 rings (SSSR count). The minimum Gasteiger partial charge on any atom is -0.354 e. The SMILES string of the molecule is Cc1ccc(S(=O)(=O)N(C)CC(=O)NCC2(c3ccccc3)CCC2)cc1. The Morgan fingerprint density at radius 2 is 1.70 bits per heavy atom. The Balaban J connectivity index is 1.61. The van der Waals surface area contributed by atoms with Gasteiger partial charge >= 0.3 is 0 Å². The number of nitrogens with zero attached hydrogens (tertiary/aromatic N) is 1. The van der Waals surface area contributed by atoms with Crippen LogP contribution in [-0.4, -0.2) is 38.8 Å². The molecule has 5 nitrogen and oxygen atoms in total. The average Bonchev–Trinajstić information content (AvgIpc) is 2.62. The van der Waals surface area contributed by atoms with Crippen molar-refractivity contribution in [3.8, 4) is 0 Å². The van der Waals surface area contributed by atoms with Crippen molar-refractivity contribution in [3.63, 3.8) is 0 Å². The molecule has 0 saturated heterocycles. The lowest BCUT2D eigenvalue weighted by atomic mass is 9.64. The fraction of sp³-hybridized carbons (Fsp3) is 0.381. The standard InChI is InChI=1S/C21H26N2O3S/c1-17-9-11-19(12-10-17)27(25,26)23(2)15-20(24)22-16-21(13-6-14-21)18-7-4-3-5-8-18/h3-5,7-12H,6,13-16H2,1-2H3,(H,22,24). The van der Waals surface area contributed by atoms with Crippen LogP contribution in [0.1, 0.15) is 30.4 Å². The Morgan fingerprint density at radius 3 is 2.26 bits per heavy atom. The maximum atomic E-state index is 12.6. The van der Waals surface area contributed by atoms with Gasteiger partial charge in [-0.1, -0.05) is 54.4 Å². The van der Waals surface area contributed by atoms with Crippen LogP contribution in [0, 0.1) is 6.92 Å². The highest BCUT2D eigenvalue weighted by Gasteiger charge is 2.38. The Hall–Kier alpha value is -2.18. The van der Waals surface area contributed by atoms with Crippen LogP contribution in [0.3, 0.4) is 0 Å². The molecule has 1 saturated carbocycles. The summed E-state index contributed by atoms with van der Waals surface area (Å²) in [7, 11) is -2.24. The van der Waals surface area contributed by atoms with E-state index in [0.29, 0.717) is 6.54 Å². The second-order valence-electron chi connectivity index (χ2n) is 7.35. The predicted molar refractivity (Wildman–Crippen MR) is 106 cm³/mol. The number of carbonyl (C=O) groups is 1. The van der Waals surface area contributed by atoms with Crippen LogP contribution >= 0.6 is 0 Å². The lowest BCUT2D eigenvalue weighted by Crippen LogP contribution is -2.48. The number of nitrogens with one attached hydrogen (secondary N) is 1. The van der Waals surface area contributed by atoms with Crippen molar-refractivity contribution in [1.82, 2.24) is 9.62 Å². The van der Waals surface area contributed by atoms with Gasteiger partial charge in [-0.3, -0.25) is 4.79 Å². The van der Waals surface area contributed by atoms with Crippen molar-refractivity contribution in [2.24, 2.45) is 0 Å². The summed E-state index contributed by atoms with van der Waals surface area (Å²) in [5.74, 6) is -0.282. The Labute approximate surface area is 161 Å². The molecule has 2 aromatic rings. The minimum atomic E-state index is -3.68. The number of hydrogen-bond acceptors (Lipinski definition) is 3. The molecular weight excluding hydrogens is 360 g/mol. The van der Waals surface area contributed by atoms with Crippen molar-refractivity contribution in [2.45, 2.75) is 36.5 Å². The summed E-state index contributed by atoms with van der Waals surface area (Å²) in [5.41, 5.74) is 2.20. The van der Waals surface area contributed by atoms with E-state index in [9.17, 15) is 13.2 Å². The molecule has 2 aromatic carbocycles. The predicted octanol–water partition coefficient (Wildman–Crippen LogP) is 2.85. The molecule has 0 radical (unpaired) electrons. The van der Waals surface area contributed by atoms with Gasteiger partial charge < -0.3 is 5.32 Å². The van der Waals surface area contributed by atoms with E-state index in [4.69, 9.17) is 0 Å². The van der Waals surface area contributed by atoms with Gasteiger partial charge in [0.1, 0.15) is 0 Å². The summed E-state index contributed by atoms with van der Waals surface area (Å²) >= 11 is 0. The normalized spacial score (nSPS) is 16.0. The minimum absolute atomic E-state index is 0.0225. The topological polar surface area (TPSA) is 66.5 Å². The van der Waals surface area contributed by atoms with Crippen molar-refractivity contribution in [2.75, 3.05) is 20.1 Å². The molecule has 0 bridgehead atoms. The third-order valence-corrected chi connectivity index (χ3v) is 7.23. The fourth-order valence-electron chi connectivity index (χ4n) is 3.46. The number of carbonyl (C=O) groups excluding carboxylic acids is 1. The zero-order chi connectivity index (χ0) is 19.5. The third-order valence-electron chi connectivity index (χ3n) is 5.42. The molecule has 0 atom stereocenters. The number of aryl methyl sites for hydroxylation is 1. The number of rotatable bonds is 7. The van der Waals surface area contributed by atoms with E-state index in [1.165, 1.54) is 12.6 Å². The molecule has 144 valence electrons. The van der Waals surface area contributed by atoms with Crippen LogP contribution in [0.25, 0.3) is 0 Å². The first-order chi connectivity index (χ1) is 12.8. The monoisotopic (exact) mass is 386 g/mol. The van der Waals surface area contributed by atoms with Crippen molar-refractivity contribution < 1.29 is 13.2 Å². The van der Waals surface area contributed by atoms with Gasteiger partial charge in [-0.15, -0.1) is 0 Å². The quantitative estimate of drug-likeness (QED) is 0.796. The van der Waals surface area contributed by atoms with Gasteiger partial charge in [-0.05, 0) is 37.5 Å². The highest BCUT2D eigenvalue weighted by Crippen LogP contribution is 2.43. The molecular formula is C21H26N2O3S. The zero-order valence-electron chi connectivity index (χ0n) is 15.8. The summed E-state index contributed by atoms with van der Waals surface area (Å²) in [6.45, 7) is 2.24. The largest absolute Gasteiger partial charge is 0.354 e. The third kappa shape index (κ3) is 4.22. The molecule has 1 fully saturated rings. The first-order valence-electron chi connectivity index (χ1n) is 9.19. The lowest BCUT2D eigenvalue weighted by Gasteiger charge is -2.42. The van der Waals surface area contributed by atoms with Crippen LogP contribution in [-0.2, 0) is 20.2 Å². The second kappa shape index (κ2) is 7.82. The number of amides is 1. The number of benzene rings is 2. The van der Waals surface area contributed by atoms with E-state index in [0.717, 1.165) is 29.1 Å². The highest BCUT2D eigenvalue weighted by molar-refractivity contribution is 7.89. The molecule has 1 aliphatic rings. The molecule has 0 aromatic heterocycles. The molecule has 0 aliphatic heterocycles. The van der Waals surface area contributed by atoms with Crippen molar-refractivity contribution in [1.29, 1.82) is 0 Å². The number of hydrogen-bond donors (Lipinski definition) is 1. The molecule has 0 unspecified atom stereocenters. The van der Waals surface area contributed by atoms with Gasteiger partial charge in [-0.25, -0.2) is 8.42 Å². The molecule has 0 spiro atoms. The molecule has 27 heavy (non-hydrogen) atoms. The Kier molecular flexibility index (Phi) is 5.67. The van der Waals surface area contributed by atoms with Crippen LogP contribution in [0.4, 0.5) is 0 Å². The summed E-state index contributed by atoms with van der Waals surface area (Å²) in [4.78, 5) is 12.6. The summed E-state index contributed by atoms with van der Waals surface area (Å²) in [5, 5.41) is 2.94. The maximum Gasteiger partial charge on any atom is 0.243 e. The summed E-state index contributed by atoms with van der Waals surface area (Å²) in [6, 6.07) is 16.8. The van der Waals surface area contributed by atoms with Crippen LogP contribution in [0.2, 0.25) is 0 Å². The molecule has 1 N–H and O–H groups in total. The molecule has 6 heteroatoms. The first-order valence-corrected chi connectivity index (χ1v) is 10.6. The van der Waals surface area contributed by atoms with E-state index < -0.39 is 10.0 Å². The lowest BCUT2D eigenvalue weighted by molar-refractivity contribution is -0.121. The second-order valence-corrected chi connectivity index (χ2v) is 9.40. The number of sulfonamides is 1. The smallest absolute Gasteiger partial charge is 0.243 e. The summed E-state index contributed by atoms with van der Waals surface area (Å²) < 4.78 is 26.3. The van der Waals surface area contributed by atoms with E-state index in [-0.39, 0.29) is 22.8 Å². The summed E-state index contributed by atoms with van der Waals surface area (Å²) in [6.07, 6.45) is 3.22. The maximum absolute atomic E-state index is 12.6. The van der Waals surface area contributed by atoms with E-state index in [2.05, 4.69) is 17.4 Å². The highest BCUT2D eigenvalue weighted by atomic mass is 32.2. The zero-order valence-corrected chi connectivity index (χ0v) is 16.6. The molecule has 1 aliphatic carbocycles. The van der Waals surface area contributed by atoms with Gasteiger partial charge in [0.05, 0.1) is 11.4 Å². The van der Waals surface area contributed by atoms with Gasteiger partial charge in [0.15, 0.2) is 0 Å². The Morgan fingerprint density at radius 1 is 1.07 bits per heavy atom. The van der Waals surface area contributed by atoms with Crippen LogP contribution < -0.4 is 5.32 Å². The van der Waals surface area contributed by atoms with Crippen LogP contribution in [0.15, 0.2) is 59.5 Å². The van der Waals surface area contributed by atoms with Gasteiger partial charge in [0.2, 0.25) is 15.9 Å². The van der Waals surface area contributed by atoms with Gasteiger partial charge in [0.25, 0.3) is 0 Å².